The molecule has 1 aliphatic heterocycles. The SMILES string of the molecule is CCOc1ccc(N2CCN(C(=O)NC3CCCC3)CC2)nn1. The van der Waals surface area contributed by atoms with Crippen LogP contribution in [0.4, 0.5) is 10.6 Å². The second-order valence-electron chi connectivity index (χ2n) is 6.07. The van der Waals surface area contributed by atoms with Gasteiger partial charge in [-0.05, 0) is 25.8 Å². The molecule has 23 heavy (non-hydrogen) atoms. The number of piperazine rings is 1. The van der Waals surface area contributed by atoms with Gasteiger partial charge in [0.2, 0.25) is 5.88 Å². The minimum absolute atomic E-state index is 0.0781. The van der Waals surface area contributed by atoms with E-state index in [-0.39, 0.29) is 6.03 Å². The Morgan fingerprint density at radius 1 is 1.22 bits per heavy atom. The molecule has 0 aromatic carbocycles. The van der Waals surface area contributed by atoms with Crippen molar-refractivity contribution in [1.29, 1.82) is 0 Å². The number of hydrogen-bond donors (Lipinski definition) is 1. The molecule has 2 amide bonds. The lowest BCUT2D eigenvalue weighted by Crippen LogP contribution is -2.53. The topological polar surface area (TPSA) is 70.6 Å². The molecule has 1 aromatic rings. The Labute approximate surface area is 137 Å². The highest BCUT2D eigenvalue weighted by Crippen LogP contribution is 2.19. The molecular weight excluding hydrogens is 294 g/mol. The summed E-state index contributed by atoms with van der Waals surface area (Å²) in [5.74, 6) is 1.38. The molecule has 1 saturated heterocycles. The van der Waals surface area contributed by atoms with E-state index in [4.69, 9.17) is 4.74 Å². The molecule has 2 heterocycles. The summed E-state index contributed by atoms with van der Waals surface area (Å²) in [6, 6.07) is 4.21. The molecule has 0 atom stereocenters. The molecule has 0 spiro atoms. The van der Waals surface area contributed by atoms with Crippen LogP contribution in [0.15, 0.2) is 12.1 Å². The molecule has 0 bridgehead atoms. The number of ether oxygens (including phenoxy) is 1. The van der Waals surface area contributed by atoms with E-state index in [0.29, 0.717) is 31.6 Å². The van der Waals surface area contributed by atoms with Crippen molar-refractivity contribution in [3.05, 3.63) is 12.1 Å². The van der Waals surface area contributed by atoms with Gasteiger partial charge < -0.3 is 19.9 Å². The van der Waals surface area contributed by atoms with Gasteiger partial charge in [-0.25, -0.2) is 4.79 Å². The number of hydrogen-bond acceptors (Lipinski definition) is 5. The number of nitrogens with one attached hydrogen (secondary N) is 1. The minimum atomic E-state index is 0.0781. The monoisotopic (exact) mass is 319 g/mol. The largest absolute Gasteiger partial charge is 0.477 e. The van der Waals surface area contributed by atoms with E-state index in [1.54, 1.807) is 0 Å². The summed E-state index contributed by atoms with van der Waals surface area (Å²) >= 11 is 0. The fraction of sp³-hybridized carbons (Fsp3) is 0.688. The van der Waals surface area contributed by atoms with E-state index in [1.807, 2.05) is 24.0 Å². The van der Waals surface area contributed by atoms with Crippen LogP contribution in [0, 0.1) is 0 Å². The quantitative estimate of drug-likeness (QED) is 0.914. The van der Waals surface area contributed by atoms with Crippen LogP contribution in [0.25, 0.3) is 0 Å². The third-order valence-corrected chi connectivity index (χ3v) is 4.49. The average molecular weight is 319 g/mol. The van der Waals surface area contributed by atoms with Gasteiger partial charge in [-0.3, -0.25) is 0 Å². The summed E-state index contributed by atoms with van der Waals surface area (Å²) in [5.41, 5.74) is 0. The van der Waals surface area contributed by atoms with Crippen LogP contribution in [-0.2, 0) is 0 Å². The smallest absolute Gasteiger partial charge is 0.317 e. The van der Waals surface area contributed by atoms with Crippen molar-refractivity contribution >= 4 is 11.8 Å². The number of urea groups is 1. The number of nitrogens with zero attached hydrogens (tertiary/aromatic N) is 4. The van der Waals surface area contributed by atoms with Crippen molar-refractivity contribution in [3.8, 4) is 5.88 Å². The zero-order valence-electron chi connectivity index (χ0n) is 13.7. The molecule has 1 aromatic heterocycles. The van der Waals surface area contributed by atoms with Crippen LogP contribution in [0.5, 0.6) is 5.88 Å². The highest BCUT2D eigenvalue weighted by molar-refractivity contribution is 5.75. The van der Waals surface area contributed by atoms with Gasteiger partial charge in [-0.1, -0.05) is 12.8 Å². The van der Waals surface area contributed by atoms with Crippen molar-refractivity contribution in [2.45, 2.75) is 38.6 Å². The molecule has 1 N–H and O–H groups in total. The lowest BCUT2D eigenvalue weighted by atomic mass is 10.2. The van der Waals surface area contributed by atoms with E-state index in [1.165, 1.54) is 12.8 Å². The summed E-state index contributed by atoms with van der Waals surface area (Å²) in [4.78, 5) is 16.3. The van der Waals surface area contributed by atoms with Gasteiger partial charge in [0, 0.05) is 38.3 Å². The summed E-state index contributed by atoms with van der Waals surface area (Å²) in [6.45, 7) is 5.50. The number of carbonyl (C=O) groups excluding carboxylic acids is 1. The van der Waals surface area contributed by atoms with Gasteiger partial charge >= 0.3 is 6.03 Å². The second kappa shape index (κ2) is 7.48. The molecule has 0 unspecified atom stereocenters. The highest BCUT2D eigenvalue weighted by atomic mass is 16.5. The summed E-state index contributed by atoms with van der Waals surface area (Å²) in [7, 11) is 0. The normalized spacial score (nSPS) is 19.0. The lowest BCUT2D eigenvalue weighted by Gasteiger charge is -2.35. The maximum atomic E-state index is 12.3. The Balaban J connectivity index is 1.48. The highest BCUT2D eigenvalue weighted by Gasteiger charge is 2.25. The van der Waals surface area contributed by atoms with E-state index in [2.05, 4.69) is 20.4 Å². The Morgan fingerprint density at radius 3 is 2.57 bits per heavy atom. The molecular formula is C16H25N5O2. The lowest BCUT2D eigenvalue weighted by molar-refractivity contribution is 0.190. The molecule has 2 aliphatic rings. The predicted molar refractivity (Wildman–Crippen MR) is 87.8 cm³/mol. The maximum Gasteiger partial charge on any atom is 0.317 e. The fourth-order valence-corrected chi connectivity index (χ4v) is 3.18. The number of aromatic nitrogens is 2. The summed E-state index contributed by atoms with van der Waals surface area (Å²) in [6.07, 6.45) is 4.70. The first-order chi connectivity index (χ1) is 11.3. The predicted octanol–water partition coefficient (Wildman–Crippen LogP) is 1.65. The van der Waals surface area contributed by atoms with Gasteiger partial charge in [0.15, 0.2) is 5.82 Å². The van der Waals surface area contributed by atoms with Gasteiger partial charge in [-0.2, -0.15) is 0 Å². The Bertz CT molecular complexity index is 508. The number of amides is 2. The van der Waals surface area contributed by atoms with Gasteiger partial charge in [0.25, 0.3) is 0 Å². The third kappa shape index (κ3) is 4.03. The molecule has 126 valence electrons. The Kier molecular flexibility index (Phi) is 5.15. The first-order valence-corrected chi connectivity index (χ1v) is 8.53. The van der Waals surface area contributed by atoms with Crippen LogP contribution < -0.4 is 15.0 Å². The van der Waals surface area contributed by atoms with E-state index in [9.17, 15) is 4.79 Å². The van der Waals surface area contributed by atoms with Crippen LogP contribution in [0.2, 0.25) is 0 Å². The first kappa shape index (κ1) is 15.8. The molecule has 0 radical (unpaired) electrons. The van der Waals surface area contributed by atoms with E-state index < -0.39 is 0 Å². The minimum Gasteiger partial charge on any atom is -0.477 e. The third-order valence-electron chi connectivity index (χ3n) is 4.49. The van der Waals surface area contributed by atoms with Crippen LogP contribution in [0.1, 0.15) is 32.6 Å². The van der Waals surface area contributed by atoms with Crippen LogP contribution in [-0.4, -0.2) is 60.0 Å². The number of anilines is 1. The molecule has 2 fully saturated rings. The van der Waals surface area contributed by atoms with Crippen LogP contribution in [0.3, 0.4) is 0 Å². The molecule has 1 saturated carbocycles. The van der Waals surface area contributed by atoms with Gasteiger partial charge in [0.05, 0.1) is 6.61 Å². The molecule has 7 heteroatoms. The van der Waals surface area contributed by atoms with Crippen molar-refractivity contribution in [2.24, 2.45) is 0 Å². The zero-order valence-corrected chi connectivity index (χ0v) is 13.7. The van der Waals surface area contributed by atoms with Crippen molar-refractivity contribution in [3.63, 3.8) is 0 Å². The average Bonchev–Trinajstić information content (AvgIpc) is 3.09. The van der Waals surface area contributed by atoms with Gasteiger partial charge in [0.1, 0.15) is 0 Å². The Hall–Kier alpha value is -2.05. The van der Waals surface area contributed by atoms with Crippen molar-refractivity contribution in [1.82, 2.24) is 20.4 Å². The maximum absolute atomic E-state index is 12.3. The van der Waals surface area contributed by atoms with E-state index >= 15 is 0 Å². The number of carbonyl (C=O) groups is 1. The molecule has 1 aliphatic carbocycles. The molecule has 7 nitrogen and oxygen atoms in total. The summed E-state index contributed by atoms with van der Waals surface area (Å²) < 4.78 is 5.31. The zero-order chi connectivity index (χ0) is 16.1. The molecule has 3 rings (SSSR count). The first-order valence-electron chi connectivity index (χ1n) is 8.53. The van der Waals surface area contributed by atoms with Gasteiger partial charge in [-0.15, -0.1) is 10.2 Å². The van der Waals surface area contributed by atoms with E-state index in [0.717, 1.165) is 31.7 Å². The van der Waals surface area contributed by atoms with Crippen LogP contribution >= 0.6 is 0 Å². The van der Waals surface area contributed by atoms with Crippen molar-refractivity contribution < 1.29 is 9.53 Å². The fourth-order valence-electron chi connectivity index (χ4n) is 3.18. The Morgan fingerprint density at radius 2 is 1.96 bits per heavy atom. The summed E-state index contributed by atoms with van der Waals surface area (Å²) in [5, 5.41) is 11.4. The standard InChI is InChI=1S/C16H25N5O2/c1-2-23-15-8-7-14(18-19-15)20-9-11-21(12-10-20)16(22)17-13-5-3-4-6-13/h7-8,13H,2-6,9-12H2,1H3,(H,17,22). The number of rotatable bonds is 4. The van der Waals surface area contributed by atoms with Crippen molar-refractivity contribution in [2.75, 3.05) is 37.7 Å². The second-order valence-corrected chi connectivity index (χ2v) is 6.07.